The molecule has 20 N–H and O–H groups in total. The lowest BCUT2D eigenvalue weighted by molar-refractivity contribution is -0.398. The van der Waals surface area contributed by atoms with Crippen LogP contribution in [-0.2, 0) is 71.1 Å². The van der Waals surface area contributed by atoms with Gasteiger partial charge in [0, 0.05) is 18.1 Å². The third-order valence-electron chi connectivity index (χ3n) is 15.5. The maximum Gasteiger partial charge on any atom is 0.187 e. The second-order valence-corrected chi connectivity index (χ2v) is 20.8. The number of hydrogen-bond donors (Lipinski definition) is 20. The molecule has 0 aromatic rings. The fraction of sp³-hybridized carbons (Fsp3) is 1.00. The molecule has 0 unspecified atom stereocenters. The summed E-state index contributed by atoms with van der Waals surface area (Å²) in [7, 11) is 0. The van der Waals surface area contributed by atoms with Gasteiger partial charge in [-0.15, -0.1) is 0 Å². The van der Waals surface area contributed by atoms with E-state index >= 15 is 0 Å². The van der Waals surface area contributed by atoms with Crippen molar-refractivity contribution in [3.63, 3.8) is 0 Å². The maximum atomic E-state index is 12.0. The summed E-state index contributed by atoms with van der Waals surface area (Å²) in [6.07, 6.45) is -69.7. The summed E-state index contributed by atoms with van der Waals surface area (Å²) in [4.78, 5) is 2.65. The average molecular weight is 1220 g/mol. The largest absolute Gasteiger partial charge is 0.394 e. The van der Waals surface area contributed by atoms with Gasteiger partial charge in [-0.1, -0.05) is 5.11 Å². The van der Waals surface area contributed by atoms with Gasteiger partial charge in [-0.2, -0.15) is 0 Å². The van der Waals surface area contributed by atoms with Crippen LogP contribution in [0.1, 0.15) is 6.42 Å². The third-order valence-corrected chi connectivity index (χ3v) is 15.5. The molecule has 15 heterocycles. The number of nitrogens with zero attached hydrogens (tertiary/aromatic N) is 3. The number of aliphatic hydroxyl groups excluding tert-OH is 20. The monoisotopic (exact) mass is 1220 g/mol. The molecule has 0 saturated carbocycles. The van der Waals surface area contributed by atoms with Crippen LogP contribution in [0.3, 0.4) is 0 Å². The smallest absolute Gasteiger partial charge is 0.187 e. The number of ether oxygens (including phenoxy) is 15. The van der Waals surface area contributed by atoms with Gasteiger partial charge in [-0.05, 0) is 12.0 Å². The molecule has 0 amide bonds. The zero-order valence-corrected chi connectivity index (χ0v) is 43.7. The Hall–Kier alpha value is -2.09. The molecule has 38 heteroatoms. The number of rotatable bonds is 12. The lowest BCUT2D eigenvalue weighted by Gasteiger charge is -2.50. The Kier molecular flexibility index (Phi) is 23.7. The molecule has 0 aliphatic carbocycles. The molecule has 0 aromatic heterocycles. The van der Waals surface area contributed by atoms with Gasteiger partial charge in [0.1, 0.15) is 171 Å². The van der Waals surface area contributed by atoms with Gasteiger partial charge in [0.25, 0.3) is 0 Å². The first-order chi connectivity index (χ1) is 39.7. The van der Waals surface area contributed by atoms with Crippen LogP contribution in [0.25, 0.3) is 10.4 Å². The summed E-state index contributed by atoms with van der Waals surface area (Å²) >= 11 is 0. The molecule has 15 saturated heterocycles. The number of aliphatic hydroxyl groups is 20. The van der Waals surface area contributed by atoms with Gasteiger partial charge in [-0.25, -0.2) is 0 Å². The van der Waals surface area contributed by atoms with E-state index in [1.807, 2.05) is 0 Å². The third kappa shape index (κ3) is 13.9. The van der Waals surface area contributed by atoms with Crippen molar-refractivity contribution < 1.29 is 173 Å². The zero-order valence-electron chi connectivity index (χ0n) is 43.7. The minimum Gasteiger partial charge on any atom is -0.394 e. The van der Waals surface area contributed by atoms with E-state index in [1.165, 1.54) is 0 Å². The van der Waals surface area contributed by atoms with Gasteiger partial charge in [0.15, 0.2) is 44.0 Å². The highest BCUT2D eigenvalue weighted by atomic mass is 16.8. The van der Waals surface area contributed by atoms with E-state index in [2.05, 4.69) is 10.0 Å². The standard InChI is InChI=1S/C45H75N3O35/c46-48-47-2-1-3-69-38-30(68)37-17(10-55)76-45(38)83-36-16(9-54)75-43(29(67)23(36)61)81-34-14(7-52)73-41(27(65)21(34)59)79-32-12(5-50)71-39(25(63)19(32)57)77-31-11(4-49)70-40(24(62)18(31)56)78-33-13(6-51)72-42(26(64)20(33)58)80-35-15(8-53)74-44(82-37)28(66)22(35)60/h11-45,49-68H,1-10H2/t11-,12-,13-,14-,15-,16-,17-,18-,19-,20-,21-,22-,23-,24-,25-,26-,27-,28-,29-,30+,31-,32-,33-,34-,35-,36-,37-,38-,39-,40-,41-,42-,43-,44-,45-/m1/s1. The molecule has 14 bridgehead atoms. The lowest BCUT2D eigenvalue weighted by Crippen LogP contribution is -2.68. The van der Waals surface area contributed by atoms with Crippen LogP contribution >= 0.6 is 0 Å². The molecule has 0 spiro atoms. The quantitative estimate of drug-likeness (QED) is 0.0373. The van der Waals surface area contributed by atoms with Gasteiger partial charge < -0.3 is 173 Å². The Bertz CT molecular complexity index is 2040. The van der Waals surface area contributed by atoms with Crippen LogP contribution in [0.4, 0.5) is 0 Å². The lowest BCUT2D eigenvalue weighted by atomic mass is 9.95. The summed E-state index contributed by atoms with van der Waals surface area (Å²) < 4.78 is 86.8. The van der Waals surface area contributed by atoms with Gasteiger partial charge in [-0.3, -0.25) is 0 Å². The molecular weight excluding hydrogens is 1140 g/mol. The Morgan fingerprint density at radius 3 is 0.711 bits per heavy atom. The van der Waals surface area contributed by atoms with Crippen molar-refractivity contribution in [1.29, 1.82) is 0 Å². The second kappa shape index (κ2) is 29.5. The van der Waals surface area contributed by atoms with Crippen molar-refractivity contribution in [1.82, 2.24) is 0 Å². The molecule has 0 radical (unpaired) electrons. The summed E-state index contributed by atoms with van der Waals surface area (Å²) in [6.45, 7) is -7.81. The predicted molar refractivity (Wildman–Crippen MR) is 251 cm³/mol. The average Bonchev–Trinajstić information content (AvgIpc) is 3.29. The van der Waals surface area contributed by atoms with Crippen molar-refractivity contribution in [2.75, 3.05) is 59.4 Å². The maximum absolute atomic E-state index is 12.0. The fourth-order valence-electron chi connectivity index (χ4n) is 11.0. The number of azide groups is 1. The number of hydrogen-bond acceptors (Lipinski definition) is 36. The second-order valence-electron chi connectivity index (χ2n) is 20.8. The molecule has 15 aliphatic rings. The molecule has 83 heavy (non-hydrogen) atoms. The molecule has 15 aliphatic heterocycles. The van der Waals surface area contributed by atoms with E-state index < -0.39 is 261 Å². The predicted octanol–water partition coefficient (Wildman–Crippen LogP) is -13.5. The first kappa shape index (κ1) is 66.9. The summed E-state index contributed by atoms with van der Waals surface area (Å²) in [6, 6.07) is 0. The van der Waals surface area contributed by atoms with Crippen LogP contribution < -0.4 is 0 Å². The molecular formula is C45H75N3O35. The molecule has 15 fully saturated rings. The van der Waals surface area contributed by atoms with E-state index in [9.17, 15) is 102 Å². The van der Waals surface area contributed by atoms with Crippen molar-refractivity contribution in [3.05, 3.63) is 10.4 Å². The first-order valence-corrected chi connectivity index (χ1v) is 26.6. The van der Waals surface area contributed by atoms with E-state index in [-0.39, 0.29) is 19.6 Å². The van der Waals surface area contributed by atoms with Crippen LogP contribution in [0, 0.1) is 0 Å². The van der Waals surface area contributed by atoms with Crippen LogP contribution in [0.5, 0.6) is 0 Å². The topological polar surface area (TPSA) is 592 Å². The Balaban J connectivity index is 1.10. The summed E-state index contributed by atoms with van der Waals surface area (Å²) in [5.41, 5.74) is 8.79. The first-order valence-electron chi connectivity index (χ1n) is 26.6. The highest BCUT2D eigenvalue weighted by Gasteiger charge is 2.60. The van der Waals surface area contributed by atoms with Crippen LogP contribution in [-0.4, -0.2) is 376 Å². The molecule has 35 atom stereocenters. The Labute approximate surface area is 468 Å². The molecule has 15 rings (SSSR count). The molecule has 0 aromatic carbocycles. The molecule has 480 valence electrons. The van der Waals surface area contributed by atoms with Gasteiger partial charge in [0.05, 0.1) is 46.2 Å². The number of fused-ring (bicyclic) bond motifs is 7. The van der Waals surface area contributed by atoms with Crippen molar-refractivity contribution in [2.45, 2.75) is 221 Å². The van der Waals surface area contributed by atoms with Crippen molar-refractivity contribution >= 4 is 0 Å². The SMILES string of the molecule is [N-]=[N+]=NCCCO[C@H]1[C@H]2O[C@H]3[C@H](O)[C@@H](O)[C@@H](O[C@H]4[C@H](O)[C@@H](O)[C@@H](O[C@H]5[C@H](O)[C@@H](O)[C@@H](O[C@H]6[C@H](O)[C@@H](O)[C@@H](O[C@H]7[C@H](O)[C@@H](O)[C@@H](O[C@H]8[C@H](O)[C@@H](O)[C@@H](O[C@@H]([C@@H]1O)[C@@H](CO)O2)O[C@@H]8CO)O[C@@H]7CO)O[C@@H]6CO)O[C@@H]5CO)O[C@@H]4CO)O[C@@H]3CO. The molecule has 38 nitrogen and oxygen atoms in total. The highest BCUT2D eigenvalue weighted by Crippen LogP contribution is 2.39. The minimum atomic E-state index is -2.22. The van der Waals surface area contributed by atoms with Crippen molar-refractivity contribution in [2.24, 2.45) is 5.11 Å². The Morgan fingerprint density at radius 2 is 0.494 bits per heavy atom. The summed E-state index contributed by atoms with van der Waals surface area (Å²) in [5.74, 6) is 0. The van der Waals surface area contributed by atoms with E-state index in [1.54, 1.807) is 0 Å². The van der Waals surface area contributed by atoms with E-state index in [4.69, 9.17) is 76.6 Å². The van der Waals surface area contributed by atoms with Gasteiger partial charge >= 0.3 is 0 Å². The highest BCUT2D eigenvalue weighted by molar-refractivity contribution is 5.02. The van der Waals surface area contributed by atoms with Gasteiger partial charge in [0.2, 0.25) is 0 Å². The zero-order chi connectivity index (χ0) is 60.3. The van der Waals surface area contributed by atoms with E-state index in [0.29, 0.717) is 0 Å². The minimum absolute atomic E-state index is 0.000349. The fourth-order valence-corrected chi connectivity index (χ4v) is 11.0. The summed E-state index contributed by atoms with van der Waals surface area (Å²) in [5, 5.41) is 225. The van der Waals surface area contributed by atoms with Crippen LogP contribution in [0.15, 0.2) is 5.11 Å². The van der Waals surface area contributed by atoms with E-state index in [0.717, 1.165) is 0 Å². The van der Waals surface area contributed by atoms with Crippen LogP contribution in [0.2, 0.25) is 0 Å². The normalized spacial score (nSPS) is 52.1. The van der Waals surface area contributed by atoms with Crippen molar-refractivity contribution in [3.8, 4) is 0 Å². The Morgan fingerprint density at radius 1 is 0.289 bits per heavy atom.